The topological polar surface area (TPSA) is 69.0 Å². The Morgan fingerprint density at radius 1 is 1.30 bits per heavy atom. The van der Waals surface area contributed by atoms with E-state index in [2.05, 4.69) is 10.3 Å². The number of benzene rings is 1. The molecular formula is C15H14N4O. The molecule has 20 heavy (non-hydrogen) atoms. The minimum Gasteiger partial charge on any atom is -0.387 e. The lowest BCUT2D eigenvalue weighted by atomic mass is 10.1. The Kier molecular flexibility index (Phi) is 3.96. The van der Waals surface area contributed by atoms with Gasteiger partial charge in [0.05, 0.1) is 17.2 Å². The molecule has 0 aliphatic rings. The average molecular weight is 266 g/mol. The molecule has 0 bridgehead atoms. The van der Waals surface area contributed by atoms with Gasteiger partial charge in [-0.05, 0) is 30.3 Å². The van der Waals surface area contributed by atoms with Gasteiger partial charge in [-0.3, -0.25) is 9.78 Å². The highest BCUT2D eigenvalue weighted by Gasteiger charge is 2.16. The summed E-state index contributed by atoms with van der Waals surface area (Å²) in [5, 5.41) is 11.7. The molecule has 0 saturated carbocycles. The van der Waals surface area contributed by atoms with E-state index in [0.29, 0.717) is 11.1 Å². The second-order valence-electron chi connectivity index (χ2n) is 4.19. The molecule has 0 aliphatic heterocycles. The standard InChI is InChI=1S/C15H14N4O/c1-17-14-7-8-18-10-13(14)15(20)19(2)12-5-3-11(9-16)4-6-12/h3-8,10H,1-2H3,(H,17,18). The smallest absolute Gasteiger partial charge is 0.261 e. The van der Waals surface area contributed by atoms with E-state index < -0.39 is 0 Å². The number of nitrogens with zero attached hydrogens (tertiary/aromatic N) is 3. The van der Waals surface area contributed by atoms with Crippen molar-refractivity contribution in [2.24, 2.45) is 0 Å². The van der Waals surface area contributed by atoms with E-state index in [1.165, 1.54) is 11.1 Å². The summed E-state index contributed by atoms with van der Waals surface area (Å²) in [6, 6.07) is 10.6. The van der Waals surface area contributed by atoms with Crippen LogP contribution >= 0.6 is 0 Å². The average Bonchev–Trinajstić information content (AvgIpc) is 2.53. The summed E-state index contributed by atoms with van der Waals surface area (Å²) in [5.41, 5.74) is 2.51. The molecule has 1 heterocycles. The number of hydrogen-bond acceptors (Lipinski definition) is 4. The molecule has 1 N–H and O–H groups in total. The highest BCUT2D eigenvalue weighted by Crippen LogP contribution is 2.20. The van der Waals surface area contributed by atoms with Crippen molar-refractivity contribution in [2.45, 2.75) is 0 Å². The van der Waals surface area contributed by atoms with Crippen molar-refractivity contribution in [3.8, 4) is 6.07 Å². The van der Waals surface area contributed by atoms with Crippen LogP contribution in [0.3, 0.4) is 0 Å². The van der Waals surface area contributed by atoms with E-state index in [1.807, 2.05) is 6.07 Å². The zero-order chi connectivity index (χ0) is 14.5. The van der Waals surface area contributed by atoms with Crippen molar-refractivity contribution in [3.05, 3.63) is 53.9 Å². The highest BCUT2D eigenvalue weighted by molar-refractivity contribution is 6.09. The van der Waals surface area contributed by atoms with Crippen molar-refractivity contribution < 1.29 is 4.79 Å². The molecule has 100 valence electrons. The molecule has 0 saturated heterocycles. The molecule has 5 nitrogen and oxygen atoms in total. The molecule has 2 aromatic rings. The number of anilines is 2. The van der Waals surface area contributed by atoms with Crippen LogP contribution in [0.5, 0.6) is 0 Å². The van der Waals surface area contributed by atoms with E-state index in [0.717, 1.165) is 11.4 Å². The van der Waals surface area contributed by atoms with E-state index in [1.54, 1.807) is 50.6 Å². The quantitative estimate of drug-likeness (QED) is 0.925. The van der Waals surface area contributed by atoms with Gasteiger partial charge in [-0.15, -0.1) is 0 Å². The van der Waals surface area contributed by atoms with Crippen LogP contribution in [0.15, 0.2) is 42.7 Å². The number of aromatic nitrogens is 1. The number of carbonyl (C=O) groups excluding carboxylic acids is 1. The van der Waals surface area contributed by atoms with Crippen molar-refractivity contribution >= 4 is 17.3 Å². The number of carbonyl (C=O) groups is 1. The van der Waals surface area contributed by atoms with E-state index in [-0.39, 0.29) is 5.91 Å². The Morgan fingerprint density at radius 3 is 2.60 bits per heavy atom. The lowest BCUT2D eigenvalue weighted by molar-refractivity contribution is 0.0993. The van der Waals surface area contributed by atoms with Crippen LogP contribution in [0.25, 0.3) is 0 Å². The largest absolute Gasteiger partial charge is 0.387 e. The van der Waals surface area contributed by atoms with E-state index in [9.17, 15) is 4.79 Å². The maximum absolute atomic E-state index is 12.5. The zero-order valence-corrected chi connectivity index (χ0v) is 11.3. The highest BCUT2D eigenvalue weighted by atomic mass is 16.2. The summed E-state index contributed by atoms with van der Waals surface area (Å²) in [7, 11) is 3.45. The summed E-state index contributed by atoms with van der Waals surface area (Å²) >= 11 is 0. The third kappa shape index (κ3) is 2.59. The third-order valence-electron chi connectivity index (χ3n) is 3.01. The molecule has 0 radical (unpaired) electrons. The Balaban J connectivity index is 2.30. The Hall–Kier alpha value is -2.87. The molecule has 2 rings (SSSR count). The number of nitriles is 1. The fraction of sp³-hybridized carbons (Fsp3) is 0.133. The third-order valence-corrected chi connectivity index (χ3v) is 3.01. The van der Waals surface area contributed by atoms with Crippen molar-refractivity contribution in [1.29, 1.82) is 5.26 Å². The van der Waals surface area contributed by atoms with Gasteiger partial charge in [-0.2, -0.15) is 5.26 Å². The first kappa shape index (κ1) is 13.6. The van der Waals surface area contributed by atoms with E-state index >= 15 is 0 Å². The summed E-state index contributed by atoms with van der Waals surface area (Å²) in [6.45, 7) is 0. The molecule has 1 amide bonds. The molecule has 0 aliphatic carbocycles. The van der Waals surface area contributed by atoms with Gasteiger partial charge in [-0.25, -0.2) is 0 Å². The summed E-state index contributed by atoms with van der Waals surface area (Å²) < 4.78 is 0. The minimum absolute atomic E-state index is 0.160. The second kappa shape index (κ2) is 5.85. The molecule has 5 heteroatoms. The lowest BCUT2D eigenvalue weighted by Crippen LogP contribution is -2.27. The van der Waals surface area contributed by atoms with Crippen LogP contribution < -0.4 is 10.2 Å². The molecule has 0 spiro atoms. The Bertz CT molecular complexity index is 658. The summed E-state index contributed by atoms with van der Waals surface area (Å²) in [6.07, 6.45) is 3.17. The summed E-state index contributed by atoms with van der Waals surface area (Å²) in [5.74, 6) is -0.160. The number of nitrogens with one attached hydrogen (secondary N) is 1. The van der Waals surface area contributed by atoms with Gasteiger partial charge in [0.25, 0.3) is 5.91 Å². The van der Waals surface area contributed by atoms with Gasteiger partial charge in [0.15, 0.2) is 0 Å². The fourth-order valence-electron chi connectivity index (χ4n) is 1.84. The van der Waals surface area contributed by atoms with E-state index in [4.69, 9.17) is 5.26 Å². The van der Waals surface area contributed by atoms with Crippen molar-refractivity contribution in [3.63, 3.8) is 0 Å². The van der Waals surface area contributed by atoms with Crippen LogP contribution in [0.1, 0.15) is 15.9 Å². The van der Waals surface area contributed by atoms with Crippen LogP contribution in [0.4, 0.5) is 11.4 Å². The first-order chi connectivity index (χ1) is 9.67. The second-order valence-corrected chi connectivity index (χ2v) is 4.19. The van der Waals surface area contributed by atoms with Gasteiger partial charge in [0.1, 0.15) is 0 Å². The predicted octanol–water partition coefficient (Wildman–Crippen LogP) is 2.27. The molecule has 0 atom stereocenters. The predicted molar refractivity (Wildman–Crippen MR) is 77.7 cm³/mol. The Morgan fingerprint density at radius 2 is 2.00 bits per heavy atom. The van der Waals surface area contributed by atoms with Crippen LogP contribution in [0, 0.1) is 11.3 Å². The van der Waals surface area contributed by atoms with Gasteiger partial charge in [0, 0.05) is 37.9 Å². The Labute approximate surface area is 117 Å². The normalized spacial score (nSPS) is 9.65. The molecule has 0 fully saturated rings. The minimum atomic E-state index is -0.160. The molecule has 1 aromatic heterocycles. The zero-order valence-electron chi connectivity index (χ0n) is 11.3. The maximum atomic E-state index is 12.5. The molecular weight excluding hydrogens is 252 g/mol. The van der Waals surface area contributed by atoms with Gasteiger partial charge in [-0.1, -0.05) is 0 Å². The van der Waals surface area contributed by atoms with Crippen molar-refractivity contribution in [2.75, 3.05) is 24.3 Å². The number of amides is 1. The van der Waals surface area contributed by atoms with Crippen molar-refractivity contribution in [1.82, 2.24) is 4.98 Å². The lowest BCUT2D eigenvalue weighted by Gasteiger charge is -2.18. The fourth-order valence-corrected chi connectivity index (χ4v) is 1.84. The van der Waals surface area contributed by atoms with Crippen LogP contribution in [-0.4, -0.2) is 25.0 Å². The SMILES string of the molecule is CNc1ccncc1C(=O)N(C)c1ccc(C#N)cc1. The number of rotatable bonds is 3. The number of pyridine rings is 1. The number of hydrogen-bond donors (Lipinski definition) is 1. The van der Waals surface area contributed by atoms with Crippen LogP contribution in [0.2, 0.25) is 0 Å². The summed E-state index contributed by atoms with van der Waals surface area (Å²) in [4.78, 5) is 18.0. The first-order valence-corrected chi connectivity index (χ1v) is 6.07. The molecule has 0 unspecified atom stereocenters. The monoisotopic (exact) mass is 266 g/mol. The van der Waals surface area contributed by atoms with Gasteiger partial charge >= 0.3 is 0 Å². The van der Waals surface area contributed by atoms with Crippen LogP contribution in [-0.2, 0) is 0 Å². The molecule has 1 aromatic carbocycles. The van der Waals surface area contributed by atoms with Gasteiger partial charge < -0.3 is 10.2 Å². The first-order valence-electron chi connectivity index (χ1n) is 6.07. The maximum Gasteiger partial charge on any atom is 0.261 e. The van der Waals surface area contributed by atoms with Gasteiger partial charge in [0.2, 0.25) is 0 Å².